The number of nitrogens with zero attached hydrogens (tertiary/aromatic N) is 3. The third-order valence-electron chi connectivity index (χ3n) is 4.03. The molecule has 3 nitrogen and oxygen atoms in total. The second-order valence-electron chi connectivity index (χ2n) is 5.65. The molecule has 0 N–H and O–H groups in total. The Bertz CT molecular complexity index is 882. The summed E-state index contributed by atoms with van der Waals surface area (Å²) in [7, 11) is 0. The second kappa shape index (κ2) is 6.97. The van der Waals surface area contributed by atoms with Crippen LogP contribution < -0.4 is 4.90 Å². The molecule has 4 rings (SSSR count). The molecule has 3 aromatic carbocycles. The van der Waals surface area contributed by atoms with Crippen LogP contribution in [0.2, 0.25) is 0 Å². The summed E-state index contributed by atoms with van der Waals surface area (Å²) < 4.78 is 0. The topological polar surface area (TPSA) is 29.0 Å². The van der Waals surface area contributed by atoms with Gasteiger partial charge in [0.2, 0.25) is 0 Å². The van der Waals surface area contributed by atoms with Crippen molar-refractivity contribution in [3.05, 3.63) is 104 Å². The number of anilines is 3. The van der Waals surface area contributed by atoms with Crippen LogP contribution in [-0.2, 0) is 0 Å². The van der Waals surface area contributed by atoms with Gasteiger partial charge in [-0.05, 0) is 42.5 Å². The molecule has 0 aliphatic heterocycles. The lowest BCUT2D eigenvalue weighted by Gasteiger charge is -2.25. The SMILES string of the molecule is c1ccc(N(c2ccccc2)c2ccc(-c3ccncn3)cc2)cc1. The summed E-state index contributed by atoms with van der Waals surface area (Å²) in [5.74, 6) is 0. The van der Waals surface area contributed by atoms with Gasteiger partial charge in [0, 0.05) is 28.8 Å². The Kier molecular flexibility index (Phi) is 4.21. The first-order valence-electron chi connectivity index (χ1n) is 8.18. The van der Waals surface area contributed by atoms with E-state index in [0.29, 0.717) is 0 Å². The van der Waals surface area contributed by atoms with E-state index in [4.69, 9.17) is 0 Å². The molecule has 0 fully saturated rings. The maximum absolute atomic E-state index is 4.32. The second-order valence-corrected chi connectivity index (χ2v) is 5.65. The van der Waals surface area contributed by atoms with Gasteiger partial charge in [0.1, 0.15) is 6.33 Å². The van der Waals surface area contributed by atoms with Crippen molar-refractivity contribution < 1.29 is 0 Å². The van der Waals surface area contributed by atoms with Crippen LogP contribution in [0.5, 0.6) is 0 Å². The van der Waals surface area contributed by atoms with Crippen molar-refractivity contribution in [3.63, 3.8) is 0 Å². The monoisotopic (exact) mass is 323 g/mol. The lowest BCUT2D eigenvalue weighted by atomic mass is 10.1. The van der Waals surface area contributed by atoms with Crippen molar-refractivity contribution in [2.24, 2.45) is 0 Å². The summed E-state index contributed by atoms with van der Waals surface area (Å²) in [5, 5.41) is 0. The average Bonchev–Trinajstić information content (AvgIpc) is 2.71. The highest BCUT2D eigenvalue weighted by Gasteiger charge is 2.11. The molecular weight excluding hydrogens is 306 g/mol. The van der Waals surface area contributed by atoms with Crippen molar-refractivity contribution in [2.45, 2.75) is 0 Å². The predicted octanol–water partition coefficient (Wildman–Crippen LogP) is 5.61. The molecule has 120 valence electrons. The van der Waals surface area contributed by atoms with Crippen molar-refractivity contribution in [1.82, 2.24) is 9.97 Å². The Morgan fingerprint density at radius 2 is 1.12 bits per heavy atom. The van der Waals surface area contributed by atoms with E-state index < -0.39 is 0 Å². The fourth-order valence-electron chi connectivity index (χ4n) is 2.84. The van der Waals surface area contributed by atoms with Gasteiger partial charge >= 0.3 is 0 Å². The standard InChI is InChI=1S/C22H17N3/c1-3-7-19(8-4-1)25(20-9-5-2-6-10-20)21-13-11-18(12-14-21)22-15-16-23-17-24-22/h1-17H. The largest absolute Gasteiger partial charge is 0.311 e. The zero-order valence-electron chi connectivity index (χ0n) is 13.7. The zero-order valence-corrected chi connectivity index (χ0v) is 13.7. The molecule has 3 heteroatoms. The molecule has 0 spiro atoms. The van der Waals surface area contributed by atoms with E-state index in [0.717, 1.165) is 28.3 Å². The first-order valence-corrected chi connectivity index (χ1v) is 8.18. The van der Waals surface area contributed by atoms with Crippen molar-refractivity contribution in [3.8, 4) is 11.3 Å². The Morgan fingerprint density at radius 3 is 1.64 bits per heavy atom. The Balaban J connectivity index is 1.75. The Hall–Kier alpha value is -3.46. The van der Waals surface area contributed by atoms with Crippen LogP contribution in [0.25, 0.3) is 11.3 Å². The van der Waals surface area contributed by atoms with Gasteiger partial charge in [0.25, 0.3) is 0 Å². The molecule has 0 unspecified atom stereocenters. The number of para-hydroxylation sites is 2. The first-order chi connectivity index (χ1) is 12.4. The lowest BCUT2D eigenvalue weighted by Crippen LogP contribution is -2.09. The molecule has 0 radical (unpaired) electrons. The van der Waals surface area contributed by atoms with Crippen LogP contribution in [0.3, 0.4) is 0 Å². The van der Waals surface area contributed by atoms with Gasteiger partial charge in [-0.3, -0.25) is 0 Å². The third-order valence-corrected chi connectivity index (χ3v) is 4.03. The Morgan fingerprint density at radius 1 is 0.560 bits per heavy atom. The van der Waals surface area contributed by atoms with Gasteiger partial charge in [-0.15, -0.1) is 0 Å². The highest BCUT2D eigenvalue weighted by atomic mass is 15.1. The molecule has 0 atom stereocenters. The highest BCUT2D eigenvalue weighted by molar-refractivity contribution is 5.77. The zero-order chi connectivity index (χ0) is 16.9. The van der Waals surface area contributed by atoms with E-state index in [9.17, 15) is 0 Å². The van der Waals surface area contributed by atoms with E-state index in [1.165, 1.54) is 0 Å². The molecule has 1 heterocycles. The molecule has 0 saturated carbocycles. The van der Waals surface area contributed by atoms with Gasteiger partial charge in [-0.2, -0.15) is 0 Å². The third kappa shape index (κ3) is 3.26. The van der Waals surface area contributed by atoms with E-state index in [1.807, 2.05) is 18.2 Å². The minimum absolute atomic E-state index is 0.924. The van der Waals surface area contributed by atoms with Gasteiger partial charge in [-0.25, -0.2) is 9.97 Å². The smallest absolute Gasteiger partial charge is 0.116 e. The molecule has 25 heavy (non-hydrogen) atoms. The van der Waals surface area contributed by atoms with Crippen molar-refractivity contribution in [1.29, 1.82) is 0 Å². The normalized spacial score (nSPS) is 10.4. The van der Waals surface area contributed by atoms with Gasteiger partial charge in [0.15, 0.2) is 0 Å². The van der Waals surface area contributed by atoms with Gasteiger partial charge in [-0.1, -0.05) is 48.5 Å². The predicted molar refractivity (Wildman–Crippen MR) is 102 cm³/mol. The summed E-state index contributed by atoms with van der Waals surface area (Å²) in [6.45, 7) is 0. The van der Waals surface area contributed by atoms with Crippen molar-refractivity contribution >= 4 is 17.1 Å². The first kappa shape index (κ1) is 15.1. The maximum atomic E-state index is 4.32. The highest BCUT2D eigenvalue weighted by Crippen LogP contribution is 2.34. The minimum atomic E-state index is 0.924. The summed E-state index contributed by atoms with van der Waals surface area (Å²) in [6, 6.07) is 31.1. The van der Waals surface area contributed by atoms with Crippen LogP contribution in [0.1, 0.15) is 0 Å². The number of rotatable bonds is 4. The minimum Gasteiger partial charge on any atom is -0.311 e. The fourth-order valence-corrected chi connectivity index (χ4v) is 2.84. The van der Waals surface area contributed by atoms with Gasteiger partial charge in [0.05, 0.1) is 5.69 Å². The van der Waals surface area contributed by atoms with Crippen LogP contribution >= 0.6 is 0 Å². The van der Waals surface area contributed by atoms with E-state index >= 15 is 0 Å². The van der Waals surface area contributed by atoms with Crippen LogP contribution in [-0.4, -0.2) is 9.97 Å². The fraction of sp³-hybridized carbons (Fsp3) is 0. The number of hydrogen-bond acceptors (Lipinski definition) is 3. The van der Waals surface area contributed by atoms with Gasteiger partial charge < -0.3 is 4.90 Å². The number of benzene rings is 3. The molecule has 4 aromatic rings. The molecule has 1 aromatic heterocycles. The summed E-state index contributed by atoms with van der Waals surface area (Å²) in [4.78, 5) is 10.5. The maximum Gasteiger partial charge on any atom is 0.116 e. The lowest BCUT2D eigenvalue weighted by molar-refractivity contribution is 1.17. The Labute approximate surface area is 147 Å². The quantitative estimate of drug-likeness (QED) is 0.488. The molecule has 0 aliphatic carbocycles. The number of hydrogen-bond donors (Lipinski definition) is 0. The van der Waals surface area contributed by atoms with E-state index in [2.05, 4.69) is 87.7 Å². The van der Waals surface area contributed by atoms with E-state index in [1.54, 1.807) is 12.5 Å². The number of aromatic nitrogens is 2. The molecular formula is C22H17N3. The average molecular weight is 323 g/mol. The molecule has 0 bridgehead atoms. The van der Waals surface area contributed by atoms with E-state index in [-0.39, 0.29) is 0 Å². The van der Waals surface area contributed by atoms with Crippen LogP contribution in [0.15, 0.2) is 104 Å². The molecule has 0 saturated heterocycles. The van der Waals surface area contributed by atoms with Crippen molar-refractivity contribution in [2.75, 3.05) is 4.90 Å². The summed E-state index contributed by atoms with van der Waals surface area (Å²) in [6.07, 6.45) is 3.33. The molecule has 0 amide bonds. The van der Waals surface area contributed by atoms with Crippen LogP contribution in [0.4, 0.5) is 17.1 Å². The molecule has 0 aliphatic rings. The van der Waals surface area contributed by atoms with Crippen LogP contribution in [0, 0.1) is 0 Å². The summed E-state index contributed by atoms with van der Waals surface area (Å²) in [5.41, 5.74) is 5.36. The summed E-state index contributed by atoms with van der Waals surface area (Å²) >= 11 is 0.